The Labute approximate surface area is 53.6 Å². The lowest BCUT2D eigenvalue weighted by Crippen LogP contribution is -1.74. The lowest BCUT2D eigenvalue weighted by Gasteiger charge is -1.83. The monoisotopic (exact) mass is 118 g/mol. The molecular weight excluding hydrogens is 112 g/mol. The van der Waals surface area contributed by atoms with Gasteiger partial charge in [0.2, 0.25) is 0 Å². The summed E-state index contributed by atoms with van der Waals surface area (Å²) in [6, 6.07) is 3.75. The average molecular weight is 118 g/mol. The summed E-state index contributed by atoms with van der Waals surface area (Å²) in [5.41, 5.74) is 0.662. The first kappa shape index (κ1) is 5.64. The molecule has 0 radical (unpaired) electrons. The zero-order valence-corrected chi connectivity index (χ0v) is 4.91. The quantitative estimate of drug-likeness (QED) is 0.548. The third kappa shape index (κ3) is 1.000. The maximum atomic E-state index is 8.35. The molecule has 1 aromatic heterocycles. The molecule has 1 heterocycles. The van der Waals surface area contributed by atoms with Gasteiger partial charge in [-0.1, -0.05) is 6.58 Å². The van der Waals surface area contributed by atoms with Gasteiger partial charge in [0.25, 0.3) is 0 Å². The molecule has 0 spiro atoms. The largest absolute Gasteiger partial charge is 0.330 e. The topological polar surface area (TPSA) is 28.7 Å². The van der Waals surface area contributed by atoms with Crippen LogP contribution in [0.4, 0.5) is 0 Å². The fraction of sp³-hybridized carbons (Fsp3) is 0. The van der Waals surface area contributed by atoms with Crippen LogP contribution in [0.25, 0.3) is 6.20 Å². The summed E-state index contributed by atoms with van der Waals surface area (Å²) in [7, 11) is 0. The molecule has 0 saturated heterocycles. The number of hydrogen-bond donors (Lipinski definition) is 0. The van der Waals surface area contributed by atoms with Gasteiger partial charge in [-0.05, 0) is 6.07 Å². The SMILES string of the molecule is C=Cn1ccc(C#N)c1. The van der Waals surface area contributed by atoms with Gasteiger partial charge in [-0.25, -0.2) is 0 Å². The van der Waals surface area contributed by atoms with Crippen LogP contribution in [-0.4, -0.2) is 4.57 Å². The number of nitriles is 1. The summed E-state index contributed by atoms with van der Waals surface area (Å²) < 4.78 is 1.73. The molecule has 0 aliphatic heterocycles. The number of aromatic nitrogens is 1. The van der Waals surface area contributed by atoms with Gasteiger partial charge in [-0.15, -0.1) is 0 Å². The highest BCUT2D eigenvalue weighted by molar-refractivity contribution is 5.31. The lowest BCUT2D eigenvalue weighted by molar-refractivity contribution is 1.17. The molecule has 0 amide bonds. The Hall–Kier alpha value is -1.49. The van der Waals surface area contributed by atoms with Crippen molar-refractivity contribution in [2.75, 3.05) is 0 Å². The van der Waals surface area contributed by atoms with Gasteiger partial charge in [0, 0.05) is 18.6 Å². The van der Waals surface area contributed by atoms with E-state index in [1.165, 1.54) is 0 Å². The first-order chi connectivity index (χ1) is 4.36. The molecule has 9 heavy (non-hydrogen) atoms. The van der Waals surface area contributed by atoms with Crippen LogP contribution in [0.5, 0.6) is 0 Å². The van der Waals surface area contributed by atoms with Crippen molar-refractivity contribution in [3.8, 4) is 6.07 Å². The number of rotatable bonds is 1. The van der Waals surface area contributed by atoms with Crippen molar-refractivity contribution in [2.45, 2.75) is 0 Å². The lowest BCUT2D eigenvalue weighted by atomic mass is 10.4. The molecule has 0 atom stereocenters. The van der Waals surface area contributed by atoms with Crippen LogP contribution in [0.3, 0.4) is 0 Å². The summed E-state index contributed by atoms with van der Waals surface area (Å²) >= 11 is 0. The Bertz CT molecular complexity index is 252. The van der Waals surface area contributed by atoms with Gasteiger partial charge >= 0.3 is 0 Å². The predicted octanol–water partition coefficient (Wildman–Crippen LogP) is 1.46. The van der Waals surface area contributed by atoms with Gasteiger partial charge in [0.1, 0.15) is 6.07 Å². The predicted molar refractivity (Wildman–Crippen MR) is 35.5 cm³/mol. The van der Waals surface area contributed by atoms with Gasteiger partial charge in [0.15, 0.2) is 0 Å². The standard InChI is InChI=1S/C7H6N2/c1-2-9-4-3-7(5-8)6-9/h2-4,6H,1H2. The fourth-order valence-electron chi connectivity index (χ4n) is 0.593. The van der Waals surface area contributed by atoms with E-state index in [0.29, 0.717) is 5.56 Å². The summed E-state index contributed by atoms with van der Waals surface area (Å²) in [5.74, 6) is 0. The first-order valence-corrected chi connectivity index (χ1v) is 2.57. The molecule has 0 saturated carbocycles. The van der Waals surface area contributed by atoms with Gasteiger partial charge in [-0.2, -0.15) is 5.26 Å². The molecule has 0 aromatic carbocycles. The van der Waals surface area contributed by atoms with Crippen LogP contribution in [0.15, 0.2) is 25.0 Å². The van der Waals surface area contributed by atoms with Crippen LogP contribution in [0, 0.1) is 11.3 Å². The molecule has 0 aliphatic carbocycles. The van der Waals surface area contributed by atoms with E-state index in [1.807, 2.05) is 6.07 Å². The van der Waals surface area contributed by atoms with E-state index in [1.54, 1.807) is 29.2 Å². The second-order valence-corrected chi connectivity index (χ2v) is 1.64. The Morgan fingerprint density at radius 1 is 1.78 bits per heavy atom. The normalized spacial score (nSPS) is 8.33. The van der Waals surface area contributed by atoms with Crippen molar-refractivity contribution < 1.29 is 0 Å². The number of nitrogens with zero attached hydrogens (tertiary/aromatic N) is 2. The highest BCUT2D eigenvalue weighted by atomic mass is 14.9. The maximum Gasteiger partial charge on any atom is 0.101 e. The Kier molecular flexibility index (Phi) is 1.37. The van der Waals surface area contributed by atoms with Crippen molar-refractivity contribution in [3.05, 3.63) is 30.6 Å². The molecule has 0 unspecified atom stereocenters. The third-order valence-electron chi connectivity index (χ3n) is 1.05. The molecule has 1 aromatic rings. The van der Waals surface area contributed by atoms with E-state index in [9.17, 15) is 0 Å². The van der Waals surface area contributed by atoms with Crippen molar-refractivity contribution in [3.63, 3.8) is 0 Å². The summed E-state index contributed by atoms with van der Waals surface area (Å²) in [6.07, 6.45) is 5.14. The third-order valence-corrected chi connectivity index (χ3v) is 1.05. The molecular formula is C7H6N2. The van der Waals surface area contributed by atoms with Crippen LogP contribution >= 0.6 is 0 Å². The zero-order chi connectivity index (χ0) is 6.69. The van der Waals surface area contributed by atoms with E-state index in [0.717, 1.165) is 0 Å². The molecule has 44 valence electrons. The molecule has 2 heteroatoms. The summed E-state index contributed by atoms with van der Waals surface area (Å²) in [4.78, 5) is 0. The average Bonchev–Trinajstić information content (AvgIpc) is 2.34. The van der Waals surface area contributed by atoms with Crippen molar-refractivity contribution in [1.82, 2.24) is 4.57 Å². The maximum absolute atomic E-state index is 8.35. The summed E-state index contributed by atoms with van der Waals surface area (Å²) in [5, 5.41) is 8.35. The van der Waals surface area contributed by atoms with E-state index in [4.69, 9.17) is 5.26 Å². The minimum atomic E-state index is 0.662. The van der Waals surface area contributed by atoms with Gasteiger partial charge < -0.3 is 4.57 Å². The van der Waals surface area contributed by atoms with Crippen LogP contribution in [0.1, 0.15) is 5.56 Å². The minimum absolute atomic E-state index is 0.662. The molecule has 2 nitrogen and oxygen atoms in total. The smallest absolute Gasteiger partial charge is 0.101 e. The molecule has 0 fully saturated rings. The van der Waals surface area contributed by atoms with Crippen molar-refractivity contribution >= 4 is 6.20 Å². The molecule has 1 rings (SSSR count). The Morgan fingerprint density at radius 2 is 2.56 bits per heavy atom. The van der Waals surface area contributed by atoms with E-state index < -0.39 is 0 Å². The second-order valence-electron chi connectivity index (χ2n) is 1.64. The molecule has 0 aliphatic rings. The van der Waals surface area contributed by atoms with Gasteiger partial charge in [0.05, 0.1) is 5.56 Å². The van der Waals surface area contributed by atoms with Crippen molar-refractivity contribution in [1.29, 1.82) is 5.26 Å². The second kappa shape index (κ2) is 2.19. The fourth-order valence-corrected chi connectivity index (χ4v) is 0.593. The van der Waals surface area contributed by atoms with E-state index >= 15 is 0 Å². The van der Waals surface area contributed by atoms with Crippen molar-refractivity contribution in [2.24, 2.45) is 0 Å². The highest BCUT2D eigenvalue weighted by Gasteiger charge is 1.88. The number of hydrogen-bond acceptors (Lipinski definition) is 1. The van der Waals surface area contributed by atoms with E-state index in [-0.39, 0.29) is 0 Å². The zero-order valence-electron chi connectivity index (χ0n) is 4.91. The minimum Gasteiger partial charge on any atom is -0.330 e. The molecule has 0 bridgehead atoms. The first-order valence-electron chi connectivity index (χ1n) is 2.57. The summed E-state index contributed by atoms with van der Waals surface area (Å²) in [6.45, 7) is 3.53. The molecule has 0 N–H and O–H groups in total. The highest BCUT2D eigenvalue weighted by Crippen LogP contribution is 1.97. The van der Waals surface area contributed by atoms with Crippen LogP contribution < -0.4 is 0 Å². The van der Waals surface area contributed by atoms with Gasteiger partial charge in [-0.3, -0.25) is 0 Å². The van der Waals surface area contributed by atoms with E-state index in [2.05, 4.69) is 6.58 Å². The van der Waals surface area contributed by atoms with Crippen LogP contribution in [-0.2, 0) is 0 Å². The van der Waals surface area contributed by atoms with Crippen LogP contribution in [0.2, 0.25) is 0 Å². The Morgan fingerprint density at radius 3 is 2.89 bits per heavy atom. The Balaban J connectivity index is 3.03.